The largest absolute Gasteiger partial charge is 0.393 e. The van der Waals surface area contributed by atoms with Gasteiger partial charge < -0.3 is 5.11 Å². The van der Waals surface area contributed by atoms with E-state index in [1.807, 2.05) is 0 Å². The topological polar surface area (TPSA) is 37.3 Å². The summed E-state index contributed by atoms with van der Waals surface area (Å²) in [5.74, 6) is 3.25. The molecule has 1 rings (SSSR count). The third-order valence-electron chi connectivity index (χ3n) is 4.99. The Bertz CT molecular complexity index is 275. The zero-order chi connectivity index (χ0) is 17.1. The van der Waals surface area contributed by atoms with Crippen molar-refractivity contribution in [2.75, 3.05) is 0 Å². The van der Waals surface area contributed by atoms with Crippen LogP contribution in [0.3, 0.4) is 0 Å². The molecule has 2 nitrogen and oxygen atoms in total. The maximum Gasteiger partial charge on any atom is 0.132 e. The van der Waals surface area contributed by atoms with E-state index in [4.69, 9.17) is 5.11 Å². The van der Waals surface area contributed by atoms with Crippen molar-refractivity contribution < 1.29 is 9.90 Å². The van der Waals surface area contributed by atoms with Crippen molar-refractivity contribution >= 4 is 5.78 Å². The van der Waals surface area contributed by atoms with Crippen molar-refractivity contribution in [3.8, 4) is 0 Å². The summed E-state index contributed by atoms with van der Waals surface area (Å²) in [7, 11) is 0. The second-order valence-electron chi connectivity index (χ2n) is 7.88. The average molecular weight is 313 g/mol. The summed E-state index contributed by atoms with van der Waals surface area (Å²) < 4.78 is 0. The van der Waals surface area contributed by atoms with Crippen molar-refractivity contribution in [2.45, 2.75) is 99.0 Å². The SMILES string of the molecule is CC(=O)C1CCC(O)CC1.CCCC(CCC(C)C)C(C)C. The zero-order valence-corrected chi connectivity index (χ0v) is 15.9. The van der Waals surface area contributed by atoms with Gasteiger partial charge in [0.15, 0.2) is 0 Å². The van der Waals surface area contributed by atoms with E-state index < -0.39 is 0 Å². The zero-order valence-electron chi connectivity index (χ0n) is 15.9. The molecular weight excluding hydrogens is 272 g/mol. The fourth-order valence-electron chi connectivity index (χ4n) is 3.21. The van der Waals surface area contributed by atoms with E-state index >= 15 is 0 Å². The smallest absolute Gasteiger partial charge is 0.132 e. The van der Waals surface area contributed by atoms with E-state index in [9.17, 15) is 4.79 Å². The van der Waals surface area contributed by atoms with Gasteiger partial charge in [-0.1, -0.05) is 53.9 Å². The summed E-state index contributed by atoms with van der Waals surface area (Å²) in [6, 6.07) is 0. The molecular formula is C20H40O2. The maximum atomic E-state index is 10.8. The lowest BCUT2D eigenvalue weighted by Crippen LogP contribution is -2.22. The molecule has 0 radical (unpaired) electrons. The van der Waals surface area contributed by atoms with Crippen LogP contribution >= 0.6 is 0 Å². The van der Waals surface area contributed by atoms with Crippen LogP contribution in [0.25, 0.3) is 0 Å². The highest BCUT2D eigenvalue weighted by molar-refractivity contribution is 5.78. The molecule has 0 spiro atoms. The number of carbonyl (C=O) groups excluding carboxylic acids is 1. The van der Waals surface area contributed by atoms with Gasteiger partial charge in [0.25, 0.3) is 0 Å². The molecule has 2 heteroatoms. The van der Waals surface area contributed by atoms with Crippen molar-refractivity contribution in [1.29, 1.82) is 0 Å². The number of hydrogen-bond donors (Lipinski definition) is 1. The molecule has 1 aliphatic carbocycles. The maximum absolute atomic E-state index is 10.8. The first-order chi connectivity index (χ1) is 10.3. The Morgan fingerprint density at radius 2 is 1.55 bits per heavy atom. The first-order valence-electron chi connectivity index (χ1n) is 9.46. The second-order valence-corrected chi connectivity index (χ2v) is 7.88. The first kappa shape index (κ1) is 21.6. The molecule has 0 heterocycles. The molecule has 22 heavy (non-hydrogen) atoms. The van der Waals surface area contributed by atoms with Gasteiger partial charge in [0.05, 0.1) is 6.10 Å². The van der Waals surface area contributed by atoms with Crippen LogP contribution in [0.15, 0.2) is 0 Å². The quantitative estimate of drug-likeness (QED) is 0.662. The number of Topliss-reactive ketones (excluding diaryl/α,β-unsaturated/α-hetero) is 1. The number of rotatable bonds is 7. The van der Waals surface area contributed by atoms with Crippen molar-refractivity contribution in [3.05, 3.63) is 0 Å². The monoisotopic (exact) mass is 312 g/mol. The van der Waals surface area contributed by atoms with E-state index in [0.717, 1.165) is 43.4 Å². The minimum Gasteiger partial charge on any atom is -0.393 e. The number of aliphatic hydroxyl groups is 1. The molecule has 1 aliphatic rings. The lowest BCUT2D eigenvalue weighted by molar-refractivity contribution is -0.122. The summed E-state index contributed by atoms with van der Waals surface area (Å²) in [6.07, 6.45) is 8.86. The van der Waals surface area contributed by atoms with Gasteiger partial charge >= 0.3 is 0 Å². The van der Waals surface area contributed by atoms with E-state index in [-0.39, 0.29) is 17.8 Å². The Kier molecular flexibility index (Phi) is 11.9. The van der Waals surface area contributed by atoms with Crippen LogP contribution in [0.1, 0.15) is 92.9 Å². The Morgan fingerprint density at radius 3 is 1.91 bits per heavy atom. The molecule has 0 aliphatic heterocycles. The van der Waals surface area contributed by atoms with Crippen LogP contribution in [0, 0.1) is 23.7 Å². The molecule has 1 saturated carbocycles. The third kappa shape index (κ3) is 10.4. The normalized spacial score (nSPS) is 23.1. The summed E-state index contributed by atoms with van der Waals surface area (Å²) in [4.78, 5) is 10.8. The molecule has 132 valence electrons. The van der Waals surface area contributed by atoms with Crippen LogP contribution in [-0.2, 0) is 4.79 Å². The lowest BCUT2D eigenvalue weighted by atomic mass is 9.85. The van der Waals surface area contributed by atoms with Crippen LogP contribution in [0.4, 0.5) is 0 Å². The average Bonchev–Trinajstić information content (AvgIpc) is 2.44. The van der Waals surface area contributed by atoms with Crippen molar-refractivity contribution in [2.24, 2.45) is 23.7 Å². The number of ketones is 1. The van der Waals surface area contributed by atoms with Crippen LogP contribution in [0.2, 0.25) is 0 Å². The Labute approximate surface area is 139 Å². The molecule has 0 saturated heterocycles. The van der Waals surface area contributed by atoms with Gasteiger partial charge in [0.2, 0.25) is 0 Å². The predicted octanol–water partition coefficient (Wildman–Crippen LogP) is 5.62. The first-order valence-corrected chi connectivity index (χ1v) is 9.46. The van der Waals surface area contributed by atoms with Gasteiger partial charge in [0, 0.05) is 5.92 Å². The van der Waals surface area contributed by atoms with E-state index in [1.54, 1.807) is 6.92 Å². The predicted molar refractivity (Wildman–Crippen MR) is 96.0 cm³/mol. The van der Waals surface area contributed by atoms with E-state index in [0.29, 0.717) is 0 Å². The molecule has 1 unspecified atom stereocenters. The van der Waals surface area contributed by atoms with E-state index in [2.05, 4.69) is 34.6 Å². The minimum absolute atomic E-state index is 0.143. The number of hydrogen-bond acceptors (Lipinski definition) is 2. The van der Waals surface area contributed by atoms with Crippen molar-refractivity contribution in [1.82, 2.24) is 0 Å². The highest BCUT2D eigenvalue weighted by Crippen LogP contribution is 2.25. The van der Waals surface area contributed by atoms with Gasteiger partial charge in [-0.3, -0.25) is 4.79 Å². The standard InChI is InChI=1S/C12H26.C8H14O2/c1-6-7-12(11(4)5)9-8-10(2)3;1-6(9)7-2-4-8(10)5-3-7/h10-12H,6-9H2,1-5H3;7-8,10H,2-5H2,1H3. The third-order valence-corrected chi connectivity index (χ3v) is 4.99. The summed E-state index contributed by atoms with van der Waals surface area (Å²) in [5.41, 5.74) is 0. The molecule has 1 N–H and O–H groups in total. The molecule has 1 fully saturated rings. The highest BCUT2D eigenvalue weighted by Gasteiger charge is 2.21. The highest BCUT2D eigenvalue weighted by atomic mass is 16.3. The van der Waals surface area contributed by atoms with E-state index in [1.165, 1.54) is 25.7 Å². The number of aliphatic hydroxyl groups excluding tert-OH is 1. The Hall–Kier alpha value is -0.370. The second kappa shape index (κ2) is 12.1. The van der Waals surface area contributed by atoms with Gasteiger partial charge in [-0.25, -0.2) is 0 Å². The Morgan fingerprint density at radius 1 is 1.00 bits per heavy atom. The van der Waals surface area contributed by atoms with Gasteiger partial charge in [0.1, 0.15) is 5.78 Å². The molecule has 1 atom stereocenters. The van der Waals surface area contributed by atoms with Crippen molar-refractivity contribution in [3.63, 3.8) is 0 Å². The van der Waals surface area contributed by atoms with Crippen LogP contribution < -0.4 is 0 Å². The fourth-order valence-corrected chi connectivity index (χ4v) is 3.21. The fraction of sp³-hybridized carbons (Fsp3) is 0.950. The number of carbonyl (C=O) groups is 1. The minimum atomic E-state index is -0.143. The van der Waals surface area contributed by atoms with Crippen LogP contribution in [0.5, 0.6) is 0 Å². The summed E-state index contributed by atoms with van der Waals surface area (Å²) in [5, 5.41) is 9.10. The molecule has 0 aromatic rings. The molecule has 0 aromatic heterocycles. The molecule has 0 bridgehead atoms. The molecule has 0 aromatic carbocycles. The summed E-state index contributed by atoms with van der Waals surface area (Å²) in [6.45, 7) is 13.3. The van der Waals surface area contributed by atoms with Gasteiger partial charge in [-0.05, 0) is 56.8 Å². The Balaban J connectivity index is 0.000000406. The van der Waals surface area contributed by atoms with Crippen LogP contribution in [-0.4, -0.2) is 17.0 Å². The van der Waals surface area contributed by atoms with Gasteiger partial charge in [-0.15, -0.1) is 0 Å². The van der Waals surface area contributed by atoms with Gasteiger partial charge in [-0.2, -0.15) is 0 Å². The summed E-state index contributed by atoms with van der Waals surface area (Å²) >= 11 is 0. The molecule has 0 amide bonds. The lowest BCUT2D eigenvalue weighted by Gasteiger charge is -2.22.